The van der Waals surface area contributed by atoms with Crippen molar-refractivity contribution in [3.05, 3.63) is 51.9 Å². The maximum atomic E-state index is 12.8. The summed E-state index contributed by atoms with van der Waals surface area (Å²) in [5, 5.41) is 3.41. The summed E-state index contributed by atoms with van der Waals surface area (Å²) in [4.78, 5) is 12.8. The number of nitrogens with zero attached hydrogens (tertiary/aromatic N) is 1. The molecule has 0 saturated heterocycles. The van der Waals surface area contributed by atoms with Gasteiger partial charge in [0.2, 0.25) is 0 Å². The number of hydrogen-bond donors (Lipinski definition) is 1. The number of aromatic amines is 1. The van der Waals surface area contributed by atoms with Crippen molar-refractivity contribution in [1.29, 1.82) is 0 Å². The van der Waals surface area contributed by atoms with Crippen molar-refractivity contribution in [2.45, 2.75) is 44.9 Å². The van der Waals surface area contributed by atoms with Crippen LogP contribution in [0.2, 0.25) is 0 Å². The van der Waals surface area contributed by atoms with Gasteiger partial charge in [-0.15, -0.1) is 0 Å². The molecule has 4 rings (SSSR count). The minimum atomic E-state index is 0.103. The van der Waals surface area contributed by atoms with Crippen LogP contribution in [-0.2, 0) is 5.41 Å². The van der Waals surface area contributed by atoms with E-state index in [-0.39, 0.29) is 16.4 Å². The number of benzene rings is 1. The van der Waals surface area contributed by atoms with Gasteiger partial charge >= 0.3 is 0 Å². The van der Waals surface area contributed by atoms with E-state index in [1.165, 1.54) is 12.1 Å². The highest BCUT2D eigenvalue weighted by molar-refractivity contribution is 5.46. The van der Waals surface area contributed by atoms with E-state index in [1.807, 2.05) is 30.3 Å². The van der Waals surface area contributed by atoms with Crippen molar-refractivity contribution < 1.29 is 0 Å². The molecular formula is C17H20N2O. The first-order chi connectivity index (χ1) is 9.47. The molecular weight excluding hydrogens is 248 g/mol. The highest BCUT2D eigenvalue weighted by Gasteiger charge is 2.61. The molecule has 0 spiro atoms. The van der Waals surface area contributed by atoms with Gasteiger partial charge < -0.3 is 0 Å². The Morgan fingerprint density at radius 1 is 1.20 bits per heavy atom. The second-order valence-corrected chi connectivity index (χ2v) is 7.02. The van der Waals surface area contributed by atoms with Crippen LogP contribution in [0.4, 0.5) is 0 Å². The summed E-state index contributed by atoms with van der Waals surface area (Å²) in [5.74, 6) is 0.399. The lowest BCUT2D eigenvalue weighted by Crippen LogP contribution is -2.33. The van der Waals surface area contributed by atoms with E-state index < -0.39 is 0 Å². The molecule has 0 amide bonds. The number of para-hydroxylation sites is 1. The summed E-state index contributed by atoms with van der Waals surface area (Å²) < 4.78 is 1.72. The van der Waals surface area contributed by atoms with Crippen molar-refractivity contribution >= 4 is 0 Å². The third-order valence-electron chi connectivity index (χ3n) is 6.07. The van der Waals surface area contributed by atoms with Gasteiger partial charge in [0, 0.05) is 16.7 Å². The fourth-order valence-electron chi connectivity index (χ4n) is 4.41. The summed E-state index contributed by atoms with van der Waals surface area (Å²) in [7, 11) is 0. The minimum Gasteiger partial charge on any atom is -0.294 e. The Bertz CT molecular complexity index is 738. The van der Waals surface area contributed by atoms with Crippen LogP contribution in [0.25, 0.3) is 5.69 Å². The van der Waals surface area contributed by atoms with E-state index in [1.54, 1.807) is 4.68 Å². The number of hydrogen-bond acceptors (Lipinski definition) is 1. The zero-order valence-corrected chi connectivity index (χ0v) is 12.2. The van der Waals surface area contributed by atoms with Crippen molar-refractivity contribution in [3.63, 3.8) is 0 Å². The maximum absolute atomic E-state index is 12.8. The predicted molar refractivity (Wildman–Crippen MR) is 79.5 cm³/mol. The molecule has 1 saturated carbocycles. The van der Waals surface area contributed by atoms with E-state index in [9.17, 15) is 4.79 Å². The van der Waals surface area contributed by atoms with E-state index in [4.69, 9.17) is 0 Å². The normalized spacial score (nSPS) is 29.6. The van der Waals surface area contributed by atoms with Gasteiger partial charge in [-0.2, -0.15) is 0 Å². The van der Waals surface area contributed by atoms with Gasteiger partial charge in [0.15, 0.2) is 0 Å². The maximum Gasteiger partial charge on any atom is 0.274 e. The summed E-state index contributed by atoms with van der Waals surface area (Å²) in [6.45, 7) is 6.93. The lowest BCUT2D eigenvalue weighted by Gasteiger charge is -2.34. The van der Waals surface area contributed by atoms with Gasteiger partial charge in [-0.1, -0.05) is 39.0 Å². The molecule has 2 aliphatic carbocycles. The molecule has 2 aliphatic rings. The molecule has 2 aromatic rings. The smallest absolute Gasteiger partial charge is 0.274 e. The first kappa shape index (κ1) is 12.0. The first-order valence-corrected chi connectivity index (χ1v) is 7.37. The Morgan fingerprint density at radius 2 is 1.90 bits per heavy atom. The van der Waals surface area contributed by atoms with Gasteiger partial charge in [-0.25, -0.2) is 4.68 Å². The van der Waals surface area contributed by atoms with Crippen LogP contribution >= 0.6 is 0 Å². The van der Waals surface area contributed by atoms with Gasteiger partial charge in [0.25, 0.3) is 5.56 Å². The Kier molecular flexibility index (Phi) is 2.08. The highest BCUT2D eigenvalue weighted by atomic mass is 16.1. The van der Waals surface area contributed by atoms with Gasteiger partial charge in [-0.05, 0) is 36.3 Å². The number of nitrogens with one attached hydrogen (secondary N) is 1. The van der Waals surface area contributed by atoms with Crippen LogP contribution in [0.5, 0.6) is 0 Å². The summed E-state index contributed by atoms with van der Waals surface area (Å²) in [6, 6.07) is 9.85. The standard InChI is InChI=1S/C17H20N2O/c1-16(2)12-9-10-17(16,3)14-13(12)15(20)19(18-14)11-7-5-4-6-8-11/h4-8,12,18H,9-10H2,1-3H3/t12?,17-/m0/s1. The van der Waals surface area contributed by atoms with E-state index in [0.29, 0.717) is 5.92 Å². The average Bonchev–Trinajstić information content (AvgIpc) is 2.95. The van der Waals surface area contributed by atoms with Crippen LogP contribution in [-0.4, -0.2) is 9.78 Å². The van der Waals surface area contributed by atoms with Crippen LogP contribution in [0.3, 0.4) is 0 Å². The molecule has 2 bridgehead atoms. The second-order valence-electron chi connectivity index (χ2n) is 7.02. The molecule has 1 heterocycles. The summed E-state index contributed by atoms with van der Waals surface area (Å²) in [5.41, 5.74) is 3.57. The van der Waals surface area contributed by atoms with E-state index in [0.717, 1.165) is 17.7 Å². The molecule has 0 aliphatic heterocycles. The van der Waals surface area contributed by atoms with Gasteiger partial charge in [0.1, 0.15) is 0 Å². The lowest BCUT2D eigenvalue weighted by molar-refractivity contribution is 0.224. The molecule has 20 heavy (non-hydrogen) atoms. The number of fused-ring (bicyclic) bond motifs is 5. The Balaban J connectivity index is 1.97. The number of rotatable bonds is 1. The lowest BCUT2D eigenvalue weighted by atomic mass is 9.70. The van der Waals surface area contributed by atoms with Crippen molar-refractivity contribution in [2.24, 2.45) is 5.41 Å². The summed E-state index contributed by atoms with van der Waals surface area (Å²) in [6.07, 6.45) is 2.31. The third kappa shape index (κ3) is 1.15. The number of aromatic nitrogens is 2. The molecule has 1 aromatic carbocycles. The third-order valence-corrected chi connectivity index (χ3v) is 6.07. The Hall–Kier alpha value is -1.77. The van der Waals surface area contributed by atoms with E-state index >= 15 is 0 Å². The first-order valence-electron chi connectivity index (χ1n) is 7.37. The molecule has 3 heteroatoms. The highest BCUT2D eigenvalue weighted by Crippen LogP contribution is 2.66. The molecule has 104 valence electrons. The van der Waals surface area contributed by atoms with E-state index in [2.05, 4.69) is 25.9 Å². The van der Waals surface area contributed by atoms with Crippen LogP contribution in [0.15, 0.2) is 35.1 Å². The van der Waals surface area contributed by atoms with Crippen LogP contribution < -0.4 is 5.56 Å². The molecule has 1 fully saturated rings. The number of H-pyrrole nitrogens is 1. The molecule has 2 atom stereocenters. The topological polar surface area (TPSA) is 37.8 Å². The Morgan fingerprint density at radius 3 is 2.55 bits per heavy atom. The molecule has 1 unspecified atom stereocenters. The molecule has 3 nitrogen and oxygen atoms in total. The summed E-state index contributed by atoms with van der Waals surface area (Å²) >= 11 is 0. The zero-order valence-electron chi connectivity index (χ0n) is 12.2. The van der Waals surface area contributed by atoms with Gasteiger partial charge in [0.05, 0.1) is 5.69 Å². The fourth-order valence-corrected chi connectivity index (χ4v) is 4.41. The average molecular weight is 268 g/mol. The molecule has 1 N–H and O–H groups in total. The second kappa shape index (κ2) is 3.46. The molecule has 1 aromatic heterocycles. The monoisotopic (exact) mass is 268 g/mol. The Labute approximate surface area is 118 Å². The predicted octanol–water partition coefficient (Wildman–Crippen LogP) is 3.34. The van der Waals surface area contributed by atoms with Crippen molar-refractivity contribution in [2.75, 3.05) is 0 Å². The van der Waals surface area contributed by atoms with Crippen LogP contribution in [0.1, 0.15) is 50.8 Å². The molecule has 0 radical (unpaired) electrons. The minimum absolute atomic E-state index is 0.103. The largest absolute Gasteiger partial charge is 0.294 e. The van der Waals surface area contributed by atoms with Crippen molar-refractivity contribution in [3.8, 4) is 5.69 Å². The fraction of sp³-hybridized carbons (Fsp3) is 0.471. The zero-order chi connectivity index (χ0) is 14.1. The van der Waals surface area contributed by atoms with Crippen molar-refractivity contribution in [1.82, 2.24) is 9.78 Å². The van der Waals surface area contributed by atoms with Gasteiger partial charge in [-0.3, -0.25) is 9.89 Å². The SMILES string of the molecule is CC1(C)C2CC[C@@]1(C)c1[nH]n(-c3ccccc3)c(=O)c12. The van der Waals surface area contributed by atoms with Crippen LogP contribution in [0, 0.1) is 5.41 Å². The quantitative estimate of drug-likeness (QED) is 0.846.